The van der Waals surface area contributed by atoms with Gasteiger partial charge in [-0.1, -0.05) is 0 Å². The molecule has 3 heteroatoms. The zero-order chi connectivity index (χ0) is 10.1. The van der Waals surface area contributed by atoms with Crippen LogP contribution in [0.1, 0.15) is 26.7 Å². The number of unbranched alkanes of at least 4 members (excludes halogenated alkanes) is 1. The highest BCUT2D eigenvalue weighted by Crippen LogP contribution is 2.00. The van der Waals surface area contributed by atoms with Gasteiger partial charge in [0.1, 0.15) is 0 Å². The van der Waals surface area contributed by atoms with Crippen molar-refractivity contribution in [2.24, 2.45) is 5.73 Å². The van der Waals surface area contributed by atoms with Gasteiger partial charge in [0.2, 0.25) is 0 Å². The zero-order valence-corrected chi connectivity index (χ0v) is 9.25. The summed E-state index contributed by atoms with van der Waals surface area (Å²) in [5, 5.41) is 0. The number of hydrogen-bond acceptors (Lipinski definition) is 3. The predicted molar refractivity (Wildman–Crippen MR) is 56.9 cm³/mol. The molecule has 3 nitrogen and oxygen atoms in total. The largest absolute Gasteiger partial charge is 0.383 e. The Balaban J connectivity index is 3.54. The third-order valence-corrected chi connectivity index (χ3v) is 2.21. The molecular formula is C10H24N2O. The molecule has 80 valence electrons. The molecule has 0 atom stereocenters. The van der Waals surface area contributed by atoms with Crippen LogP contribution in [0.15, 0.2) is 0 Å². The van der Waals surface area contributed by atoms with Gasteiger partial charge in [-0.2, -0.15) is 0 Å². The first-order valence-electron chi connectivity index (χ1n) is 5.15. The lowest BCUT2D eigenvalue weighted by molar-refractivity contribution is 0.128. The fourth-order valence-electron chi connectivity index (χ4n) is 1.30. The van der Waals surface area contributed by atoms with Crippen LogP contribution in [0.25, 0.3) is 0 Å². The molecule has 0 aromatic heterocycles. The smallest absolute Gasteiger partial charge is 0.0589 e. The van der Waals surface area contributed by atoms with E-state index in [2.05, 4.69) is 18.7 Å². The van der Waals surface area contributed by atoms with Crippen LogP contribution in [0, 0.1) is 0 Å². The molecule has 0 saturated carbocycles. The predicted octanol–water partition coefficient (Wildman–Crippen LogP) is 1.08. The molecule has 0 aliphatic heterocycles. The van der Waals surface area contributed by atoms with Crippen molar-refractivity contribution >= 4 is 0 Å². The van der Waals surface area contributed by atoms with Crippen LogP contribution in [-0.2, 0) is 4.74 Å². The van der Waals surface area contributed by atoms with Crippen molar-refractivity contribution in [3.63, 3.8) is 0 Å². The second-order valence-corrected chi connectivity index (χ2v) is 3.62. The molecule has 0 radical (unpaired) electrons. The molecule has 0 aliphatic rings. The Hall–Kier alpha value is -0.120. The van der Waals surface area contributed by atoms with E-state index in [0.29, 0.717) is 6.04 Å². The van der Waals surface area contributed by atoms with Gasteiger partial charge in [0.25, 0.3) is 0 Å². The molecule has 0 saturated heterocycles. The van der Waals surface area contributed by atoms with E-state index in [0.717, 1.165) is 32.7 Å². The van der Waals surface area contributed by atoms with Crippen LogP contribution >= 0.6 is 0 Å². The standard InChI is InChI=1S/C10H24N2O/c1-10(2)12(8-9-13-3)7-5-4-6-11/h10H,4-9,11H2,1-3H3. The maximum absolute atomic E-state index is 5.45. The number of hydrogen-bond donors (Lipinski definition) is 1. The quantitative estimate of drug-likeness (QED) is 0.579. The van der Waals surface area contributed by atoms with Crippen molar-refractivity contribution in [3.05, 3.63) is 0 Å². The van der Waals surface area contributed by atoms with Gasteiger partial charge in [-0.15, -0.1) is 0 Å². The first-order valence-corrected chi connectivity index (χ1v) is 5.15. The number of methoxy groups -OCH3 is 1. The lowest BCUT2D eigenvalue weighted by atomic mass is 10.2. The molecule has 0 spiro atoms. The molecule has 0 fully saturated rings. The highest BCUT2D eigenvalue weighted by Gasteiger charge is 2.07. The minimum atomic E-state index is 0.605. The molecule has 0 rings (SSSR count). The van der Waals surface area contributed by atoms with E-state index in [-0.39, 0.29) is 0 Å². The maximum atomic E-state index is 5.45. The molecule has 0 aromatic rings. The summed E-state index contributed by atoms with van der Waals surface area (Å²) >= 11 is 0. The number of nitrogens with two attached hydrogens (primary N) is 1. The Morgan fingerprint density at radius 2 is 1.92 bits per heavy atom. The van der Waals surface area contributed by atoms with Crippen LogP contribution in [0.4, 0.5) is 0 Å². The van der Waals surface area contributed by atoms with Crippen LogP contribution < -0.4 is 5.73 Å². The summed E-state index contributed by atoms with van der Waals surface area (Å²) < 4.78 is 5.06. The molecule has 13 heavy (non-hydrogen) atoms. The van der Waals surface area contributed by atoms with Crippen LogP contribution in [0.2, 0.25) is 0 Å². The average molecular weight is 188 g/mol. The molecule has 0 bridgehead atoms. The third-order valence-electron chi connectivity index (χ3n) is 2.21. The summed E-state index contributed by atoms with van der Waals surface area (Å²) in [4.78, 5) is 2.43. The van der Waals surface area contributed by atoms with E-state index in [1.165, 1.54) is 6.42 Å². The summed E-state index contributed by atoms with van der Waals surface area (Å²) in [7, 11) is 1.75. The molecule has 0 unspecified atom stereocenters. The Labute approximate surface area is 82.2 Å². The zero-order valence-electron chi connectivity index (χ0n) is 9.25. The van der Waals surface area contributed by atoms with Crippen LogP contribution in [0.5, 0.6) is 0 Å². The Morgan fingerprint density at radius 3 is 2.38 bits per heavy atom. The molecule has 2 N–H and O–H groups in total. The SMILES string of the molecule is COCCN(CCCCN)C(C)C. The van der Waals surface area contributed by atoms with Gasteiger partial charge in [-0.05, 0) is 39.8 Å². The van der Waals surface area contributed by atoms with Gasteiger partial charge < -0.3 is 10.5 Å². The normalized spacial score (nSPS) is 11.5. The Bertz CT molecular complexity index is 107. The van der Waals surface area contributed by atoms with E-state index in [4.69, 9.17) is 10.5 Å². The number of ether oxygens (including phenoxy) is 1. The van der Waals surface area contributed by atoms with Crippen molar-refractivity contribution < 1.29 is 4.74 Å². The first-order chi connectivity index (χ1) is 6.22. The van der Waals surface area contributed by atoms with Gasteiger partial charge in [0.05, 0.1) is 6.61 Å². The second-order valence-electron chi connectivity index (χ2n) is 3.62. The third kappa shape index (κ3) is 6.99. The first kappa shape index (κ1) is 12.9. The molecular weight excluding hydrogens is 164 g/mol. The Kier molecular flexibility index (Phi) is 8.40. The fourth-order valence-corrected chi connectivity index (χ4v) is 1.30. The monoisotopic (exact) mass is 188 g/mol. The molecule has 0 amide bonds. The fraction of sp³-hybridized carbons (Fsp3) is 1.00. The van der Waals surface area contributed by atoms with Crippen LogP contribution in [-0.4, -0.2) is 44.3 Å². The van der Waals surface area contributed by atoms with Crippen molar-refractivity contribution in [1.82, 2.24) is 4.90 Å². The van der Waals surface area contributed by atoms with Crippen molar-refractivity contribution in [3.8, 4) is 0 Å². The van der Waals surface area contributed by atoms with E-state index in [9.17, 15) is 0 Å². The van der Waals surface area contributed by atoms with Gasteiger partial charge in [0.15, 0.2) is 0 Å². The lowest BCUT2D eigenvalue weighted by Crippen LogP contribution is -2.34. The van der Waals surface area contributed by atoms with E-state index in [1.807, 2.05) is 0 Å². The molecule has 0 aliphatic carbocycles. The van der Waals surface area contributed by atoms with E-state index >= 15 is 0 Å². The lowest BCUT2D eigenvalue weighted by Gasteiger charge is -2.25. The number of nitrogens with zero attached hydrogens (tertiary/aromatic N) is 1. The second kappa shape index (κ2) is 8.48. The van der Waals surface area contributed by atoms with Gasteiger partial charge in [-0.25, -0.2) is 0 Å². The molecule has 0 aromatic carbocycles. The minimum absolute atomic E-state index is 0.605. The summed E-state index contributed by atoms with van der Waals surface area (Å²) in [6.07, 6.45) is 2.31. The topological polar surface area (TPSA) is 38.5 Å². The highest BCUT2D eigenvalue weighted by molar-refractivity contribution is 4.62. The summed E-state index contributed by atoms with van der Waals surface area (Å²) in [6, 6.07) is 0.605. The van der Waals surface area contributed by atoms with Gasteiger partial charge in [0, 0.05) is 19.7 Å². The summed E-state index contributed by atoms with van der Waals surface area (Å²) in [5.41, 5.74) is 5.45. The van der Waals surface area contributed by atoms with Gasteiger partial charge in [-0.3, -0.25) is 4.90 Å². The highest BCUT2D eigenvalue weighted by atomic mass is 16.5. The van der Waals surface area contributed by atoms with Crippen molar-refractivity contribution in [1.29, 1.82) is 0 Å². The van der Waals surface area contributed by atoms with Crippen molar-refractivity contribution in [2.45, 2.75) is 32.7 Å². The number of rotatable bonds is 8. The van der Waals surface area contributed by atoms with E-state index < -0.39 is 0 Å². The molecule has 0 heterocycles. The average Bonchev–Trinajstić information content (AvgIpc) is 2.10. The summed E-state index contributed by atoms with van der Waals surface area (Å²) in [5.74, 6) is 0. The van der Waals surface area contributed by atoms with Crippen molar-refractivity contribution in [2.75, 3.05) is 33.4 Å². The van der Waals surface area contributed by atoms with Gasteiger partial charge >= 0.3 is 0 Å². The van der Waals surface area contributed by atoms with E-state index in [1.54, 1.807) is 7.11 Å². The maximum Gasteiger partial charge on any atom is 0.0589 e. The van der Waals surface area contributed by atoms with Crippen LogP contribution in [0.3, 0.4) is 0 Å². The summed E-state index contributed by atoms with van der Waals surface area (Å²) in [6.45, 7) is 8.23. The Morgan fingerprint density at radius 1 is 1.23 bits per heavy atom. The minimum Gasteiger partial charge on any atom is -0.383 e.